The van der Waals surface area contributed by atoms with Gasteiger partial charge in [0.1, 0.15) is 0 Å². The first-order chi connectivity index (χ1) is 10.9. The van der Waals surface area contributed by atoms with Crippen LogP contribution in [0.2, 0.25) is 0 Å². The summed E-state index contributed by atoms with van der Waals surface area (Å²) >= 11 is 3.10. The number of hydrogen-bond acceptors (Lipinski definition) is 4. The van der Waals surface area contributed by atoms with Crippen LogP contribution in [0, 0.1) is 0 Å². The van der Waals surface area contributed by atoms with Gasteiger partial charge in [0.2, 0.25) is 0 Å². The van der Waals surface area contributed by atoms with Crippen LogP contribution >= 0.6 is 16.1 Å². The van der Waals surface area contributed by atoms with Crippen LogP contribution in [0.15, 0.2) is 65.6 Å². The van der Waals surface area contributed by atoms with Crippen LogP contribution in [0.1, 0.15) is 5.56 Å². The van der Waals surface area contributed by atoms with Crippen molar-refractivity contribution < 1.29 is 17.9 Å². The standard InChI is InChI=1S/C16H14BrNO4S/c1-22-16(19)11-10-13-6-5-9-15(12-13)23(20,21)18(17)14-7-3-2-4-8-14/h2-12H,1H3. The predicted molar refractivity (Wildman–Crippen MR) is 92.5 cm³/mol. The van der Waals surface area contributed by atoms with Gasteiger partial charge in [-0.1, -0.05) is 30.3 Å². The number of rotatable bonds is 5. The fourth-order valence-electron chi connectivity index (χ4n) is 1.79. The zero-order chi connectivity index (χ0) is 16.9. The molecule has 0 N–H and O–H groups in total. The van der Waals surface area contributed by atoms with Gasteiger partial charge in [-0.25, -0.2) is 13.2 Å². The summed E-state index contributed by atoms with van der Waals surface area (Å²) in [6.07, 6.45) is 2.72. The molecule has 0 saturated heterocycles. The molecule has 0 aliphatic heterocycles. The molecular weight excluding hydrogens is 382 g/mol. The van der Waals surface area contributed by atoms with Crippen molar-refractivity contribution in [3.8, 4) is 0 Å². The summed E-state index contributed by atoms with van der Waals surface area (Å²) in [7, 11) is -2.48. The lowest BCUT2D eigenvalue weighted by atomic mass is 10.2. The average molecular weight is 396 g/mol. The maximum atomic E-state index is 12.6. The van der Waals surface area contributed by atoms with E-state index in [2.05, 4.69) is 20.9 Å². The quantitative estimate of drug-likeness (QED) is 0.442. The van der Waals surface area contributed by atoms with Crippen LogP contribution in [0.25, 0.3) is 6.08 Å². The Morgan fingerprint density at radius 1 is 1.13 bits per heavy atom. The van der Waals surface area contributed by atoms with E-state index in [9.17, 15) is 13.2 Å². The highest BCUT2D eigenvalue weighted by Crippen LogP contribution is 2.27. The Bertz CT molecular complexity index is 819. The summed E-state index contributed by atoms with van der Waals surface area (Å²) in [4.78, 5) is 11.2. The Morgan fingerprint density at radius 2 is 1.83 bits per heavy atom. The molecule has 0 radical (unpaired) electrons. The zero-order valence-corrected chi connectivity index (χ0v) is 14.6. The summed E-state index contributed by atoms with van der Waals surface area (Å²) in [5.41, 5.74) is 1.06. The first-order valence-corrected chi connectivity index (χ1v) is 8.72. The molecular formula is C16H14BrNO4S. The van der Waals surface area contributed by atoms with Gasteiger partial charge in [0.05, 0.1) is 33.8 Å². The second kappa shape index (κ2) is 7.43. The molecule has 0 unspecified atom stereocenters. The minimum atomic E-state index is -3.76. The molecule has 120 valence electrons. The Hall–Kier alpha value is -2.12. The lowest BCUT2D eigenvalue weighted by molar-refractivity contribution is -0.134. The number of nitrogens with zero attached hydrogens (tertiary/aromatic N) is 1. The molecule has 0 saturated carbocycles. The fourth-order valence-corrected chi connectivity index (χ4v) is 3.65. The molecule has 0 aliphatic carbocycles. The van der Waals surface area contributed by atoms with Gasteiger partial charge in [-0.05, 0) is 35.9 Å². The number of esters is 1. The number of methoxy groups -OCH3 is 1. The highest BCUT2D eigenvalue weighted by Gasteiger charge is 2.22. The summed E-state index contributed by atoms with van der Waals surface area (Å²) in [5, 5.41) is 0. The molecule has 0 spiro atoms. The van der Waals surface area contributed by atoms with E-state index in [-0.39, 0.29) is 4.90 Å². The summed E-state index contributed by atoms with van der Waals surface area (Å²) in [5.74, 6) is -0.510. The largest absolute Gasteiger partial charge is 0.466 e. The minimum absolute atomic E-state index is 0.102. The van der Waals surface area contributed by atoms with Crippen molar-refractivity contribution in [1.82, 2.24) is 0 Å². The number of anilines is 1. The summed E-state index contributed by atoms with van der Waals surface area (Å²) in [6, 6.07) is 14.9. The van der Waals surface area contributed by atoms with Crippen molar-refractivity contribution >= 4 is 43.9 Å². The fraction of sp³-hybridized carbons (Fsp3) is 0.0625. The van der Waals surface area contributed by atoms with E-state index in [1.165, 1.54) is 31.4 Å². The summed E-state index contributed by atoms with van der Waals surface area (Å²) in [6.45, 7) is 0. The molecule has 23 heavy (non-hydrogen) atoms. The second-order valence-electron chi connectivity index (χ2n) is 4.48. The first-order valence-electron chi connectivity index (χ1n) is 6.57. The molecule has 5 nitrogen and oxygen atoms in total. The van der Waals surface area contributed by atoms with Gasteiger partial charge in [0, 0.05) is 6.08 Å². The average Bonchev–Trinajstić information content (AvgIpc) is 2.60. The maximum Gasteiger partial charge on any atom is 0.330 e. The number of hydrogen-bond donors (Lipinski definition) is 0. The number of benzene rings is 2. The van der Waals surface area contributed by atoms with Gasteiger partial charge < -0.3 is 4.74 Å². The van der Waals surface area contributed by atoms with E-state index in [1.54, 1.807) is 42.5 Å². The predicted octanol–water partition coefficient (Wildman–Crippen LogP) is 3.38. The monoisotopic (exact) mass is 395 g/mol. The van der Waals surface area contributed by atoms with Crippen molar-refractivity contribution in [2.45, 2.75) is 4.90 Å². The molecule has 7 heteroatoms. The van der Waals surface area contributed by atoms with Gasteiger partial charge in [-0.2, -0.15) is 3.33 Å². The topological polar surface area (TPSA) is 63.7 Å². The number of halogens is 1. The third-order valence-corrected chi connectivity index (χ3v) is 5.97. The highest BCUT2D eigenvalue weighted by atomic mass is 79.9. The van der Waals surface area contributed by atoms with Gasteiger partial charge in [0.25, 0.3) is 10.0 Å². The van der Waals surface area contributed by atoms with Gasteiger partial charge in [0.15, 0.2) is 0 Å². The molecule has 2 rings (SSSR count). The lowest BCUT2D eigenvalue weighted by Crippen LogP contribution is -2.20. The number of carbonyl (C=O) groups is 1. The molecule has 0 bridgehead atoms. The van der Waals surface area contributed by atoms with Crippen LogP contribution < -0.4 is 3.33 Å². The molecule has 0 fully saturated rings. The highest BCUT2D eigenvalue weighted by molar-refractivity contribution is 9.11. The molecule has 0 amide bonds. The normalized spacial score (nSPS) is 11.4. The molecule has 0 aromatic heterocycles. The maximum absolute atomic E-state index is 12.6. The lowest BCUT2D eigenvalue weighted by Gasteiger charge is -2.16. The van der Waals surface area contributed by atoms with Gasteiger partial charge in [-0.15, -0.1) is 0 Å². The van der Waals surface area contributed by atoms with Crippen molar-refractivity contribution in [2.75, 3.05) is 10.4 Å². The second-order valence-corrected chi connectivity index (χ2v) is 7.45. The Balaban J connectivity index is 2.34. The van der Waals surface area contributed by atoms with E-state index < -0.39 is 16.0 Å². The van der Waals surface area contributed by atoms with Crippen molar-refractivity contribution in [3.05, 3.63) is 66.2 Å². The van der Waals surface area contributed by atoms with Crippen LogP contribution in [0.5, 0.6) is 0 Å². The van der Waals surface area contributed by atoms with Crippen molar-refractivity contribution in [3.63, 3.8) is 0 Å². The molecule has 2 aromatic rings. The molecule has 0 atom stereocenters. The third kappa shape index (κ3) is 4.20. The van der Waals surface area contributed by atoms with Gasteiger partial charge >= 0.3 is 5.97 Å². The SMILES string of the molecule is COC(=O)C=Cc1cccc(S(=O)(=O)N(Br)c2ccccc2)c1. The van der Waals surface area contributed by atoms with Crippen molar-refractivity contribution in [2.24, 2.45) is 0 Å². The van der Waals surface area contributed by atoms with Crippen molar-refractivity contribution in [1.29, 1.82) is 0 Å². The van der Waals surface area contributed by atoms with E-state index >= 15 is 0 Å². The smallest absolute Gasteiger partial charge is 0.330 e. The minimum Gasteiger partial charge on any atom is -0.466 e. The summed E-state index contributed by atoms with van der Waals surface area (Å²) < 4.78 is 30.8. The van der Waals surface area contributed by atoms with Crippen LogP contribution in [0.4, 0.5) is 5.69 Å². The Labute approximate surface area is 143 Å². The number of ether oxygens (including phenoxy) is 1. The number of sulfonamides is 1. The number of carbonyl (C=O) groups excluding carboxylic acids is 1. The van der Waals surface area contributed by atoms with Crippen LogP contribution in [-0.2, 0) is 19.6 Å². The zero-order valence-electron chi connectivity index (χ0n) is 12.2. The van der Waals surface area contributed by atoms with E-state index in [1.807, 2.05) is 0 Å². The Kier molecular flexibility index (Phi) is 5.57. The van der Waals surface area contributed by atoms with E-state index in [0.717, 1.165) is 3.33 Å². The molecule has 0 heterocycles. The number of para-hydroxylation sites is 1. The molecule has 2 aromatic carbocycles. The third-order valence-electron chi connectivity index (χ3n) is 2.94. The van der Waals surface area contributed by atoms with E-state index in [0.29, 0.717) is 11.3 Å². The Morgan fingerprint density at radius 3 is 2.48 bits per heavy atom. The first kappa shape index (κ1) is 17.2. The van der Waals surface area contributed by atoms with Gasteiger partial charge in [-0.3, -0.25) is 0 Å². The van der Waals surface area contributed by atoms with Crippen LogP contribution in [0.3, 0.4) is 0 Å². The molecule has 0 aliphatic rings. The van der Waals surface area contributed by atoms with Crippen LogP contribution in [-0.4, -0.2) is 21.5 Å². The van der Waals surface area contributed by atoms with E-state index in [4.69, 9.17) is 0 Å².